The number of para-hydroxylation sites is 1. The van der Waals surface area contributed by atoms with Gasteiger partial charge in [0.15, 0.2) is 0 Å². The molecule has 284 valence electrons. The number of rotatable bonds is 8. The Labute approximate surface area is 351 Å². The van der Waals surface area contributed by atoms with Crippen LogP contribution in [0.25, 0.3) is 83.5 Å². The zero-order chi connectivity index (χ0) is 39.8. The van der Waals surface area contributed by atoms with Crippen LogP contribution >= 0.6 is 0 Å². The predicted octanol–water partition coefficient (Wildman–Crippen LogP) is 16.4. The lowest BCUT2D eigenvalue weighted by Crippen LogP contribution is -2.11. The number of anilines is 3. The Bertz CT molecular complexity index is 3170. The second kappa shape index (κ2) is 15.2. The summed E-state index contributed by atoms with van der Waals surface area (Å²) in [5, 5.41) is 3.61. The topological polar surface area (TPSA) is 16.4 Å². The molecule has 11 rings (SSSR count). The molecule has 9 aromatic carbocycles. The summed E-state index contributed by atoms with van der Waals surface area (Å²) >= 11 is 0. The van der Waals surface area contributed by atoms with Crippen molar-refractivity contribution >= 4 is 44.9 Å². The van der Waals surface area contributed by atoms with Crippen molar-refractivity contribution in [3.63, 3.8) is 0 Å². The summed E-state index contributed by atoms with van der Waals surface area (Å²) in [4.78, 5) is 2.40. The zero-order valence-electron chi connectivity index (χ0n) is 33.1. The van der Waals surface area contributed by atoms with Gasteiger partial charge >= 0.3 is 0 Å². The largest absolute Gasteiger partial charge is 0.460 e. The van der Waals surface area contributed by atoms with Crippen LogP contribution in [0.2, 0.25) is 0 Å². The Kier molecular flexibility index (Phi) is 9.02. The predicted molar refractivity (Wildman–Crippen MR) is 253 cm³/mol. The number of fused-ring (bicyclic) bond motifs is 4. The van der Waals surface area contributed by atoms with Gasteiger partial charge in [0.25, 0.3) is 0 Å². The molecule has 1 aliphatic carbocycles. The van der Waals surface area contributed by atoms with Crippen LogP contribution in [0.4, 0.5) is 17.1 Å². The van der Waals surface area contributed by atoms with E-state index in [0.29, 0.717) is 0 Å². The molecule has 10 aromatic rings. The first-order valence-corrected chi connectivity index (χ1v) is 20.8. The van der Waals surface area contributed by atoms with Crippen molar-refractivity contribution in [2.24, 2.45) is 0 Å². The number of furan rings is 1. The Morgan fingerprint density at radius 2 is 1.00 bits per heavy atom. The maximum atomic E-state index is 6.58. The maximum absolute atomic E-state index is 6.58. The van der Waals surface area contributed by atoms with Gasteiger partial charge in [-0.3, -0.25) is 0 Å². The minimum atomic E-state index is 0.909. The number of benzene rings is 9. The first kappa shape index (κ1) is 35.5. The van der Waals surface area contributed by atoms with E-state index in [2.05, 4.69) is 229 Å². The van der Waals surface area contributed by atoms with Gasteiger partial charge in [-0.15, -0.1) is 0 Å². The standard InChI is InChI=1S/C58H41NO/c1-4-16-41(17-5-1)48-36-32-45(38-54(48)43-20-8-3-9-21-43)40-30-33-46(34-31-40)59(47-35-37-52-51-25-11-13-29-56(51)60-57(52)39-47)55-28-12-10-24-50(55)53-27-15-23-44-22-14-26-49(58(44)53)42-18-6-2-7-19-42/h1-12,14-28,30-39H,13,29H2. The van der Waals surface area contributed by atoms with Crippen molar-refractivity contribution in [1.82, 2.24) is 0 Å². The van der Waals surface area contributed by atoms with Crippen molar-refractivity contribution in [1.29, 1.82) is 0 Å². The van der Waals surface area contributed by atoms with Gasteiger partial charge in [0, 0.05) is 40.4 Å². The van der Waals surface area contributed by atoms with Crippen LogP contribution in [0.5, 0.6) is 0 Å². The Morgan fingerprint density at radius 1 is 0.400 bits per heavy atom. The molecular weight excluding hydrogens is 727 g/mol. The fraction of sp³-hybridized carbons (Fsp3) is 0.0345. The first-order valence-electron chi connectivity index (χ1n) is 20.8. The van der Waals surface area contributed by atoms with Crippen LogP contribution in [0.1, 0.15) is 17.7 Å². The van der Waals surface area contributed by atoms with E-state index in [1.54, 1.807) is 0 Å². The molecule has 0 bridgehead atoms. The summed E-state index contributed by atoms with van der Waals surface area (Å²) in [6, 6.07) is 76.9. The Hall–Kier alpha value is -7.68. The molecule has 2 heteroatoms. The summed E-state index contributed by atoms with van der Waals surface area (Å²) in [6.07, 6.45) is 6.40. The highest BCUT2D eigenvalue weighted by atomic mass is 16.3. The van der Waals surface area contributed by atoms with Gasteiger partial charge < -0.3 is 9.32 Å². The van der Waals surface area contributed by atoms with Crippen molar-refractivity contribution < 1.29 is 4.42 Å². The fourth-order valence-electron chi connectivity index (χ4n) is 9.08. The number of hydrogen-bond donors (Lipinski definition) is 0. The number of hydrogen-bond acceptors (Lipinski definition) is 2. The van der Waals surface area contributed by atoms with E-state index in [-0.39, 0.29) is 0 Å². The lowest BCUT2D eigenvalue weighted by Gasteiger charge is -2.28. The van der Waals surface area contributed by atoms with Gasteiger partial charge in [-0.05, 0) is 104 Å². The molecule has 0 radical (unpaired) electrons. The first-order chi connectivity index (χ1) is 29.8. The number of allylic oxidation sites excluding steroid dienone is 1. The molecule has 0 aliphatic heterocycles. The van der Waals surface area contributed by atoms with Gasteiger partial charge in [0.05, 0.1) is 5.69 Å². The molecule has 0 fully saturated rings. The molecule has 0 saturated heterocycles. The molecule has 0 spiro atoms. The van der Waals surface area contributed by atoms with Gasteiger partial charge in [-0.2, -0.15) is 0 Å². The number of nitrogens with zero attached hydrogens (tertiary/aromatic N) is 1. The third-order valence-electron chi connectivity index (χ3n) is 11.9. The molecule has 1 aromatic heterocycles. The number of aryl methyl sites for hydroxylation is 1. The molecule has 0 N–H and O–H groups in total. The molecule has 0 unspecified atom stereocenters. The van der Waals surface area contributed by atoms with E-state index in [1.165, 1.54) is 60.8 Å². The highest BCUT2D eigenvalue weighted by molar-refractivity contribution is 6.09. The molecule has 0 atom stereocenters. The van der Waals surface area contributed by atoms with E-state index in [0.717, 1.165) is 57.8 Å². The third kappa shape index (κ3) is 6.40. The summed E-state index contributed by atoms with van der Waals surface area (Å²) in [6.45, 7) is 0. The van der Waals surface area contributed by atoms with E-state index in [4.69, 9.17) is 4.42 Å². The Morgan fingerprint density at radius 3 is 1.73 bits per heavy atom. The monoisotopic (exact) mass is 767 g/mol. The van der Waals surface area contributed by atoms with Crippen LogP contribution in [-0.2, 0) is 6.42 Å². The molecular formula is C58H41NO. The van der Waals surface area contributed by atoms with Gasteiger partial charge in [0.2, 0.25) is 0 Å². The molecule has 0 amide bonds. The van der Waals surface area contributed by atoms with Crippen LogP contribution in [-0.4, -0.2) is 0 Å². The van der Waals surface area contributed by atoms with Gasteiger partial charge in [-0.1, -0.05) is 182 Å². The third-order valence-corrected chi connectivity index (χ3v) is 11.9. The average molecular weight is 768 g/mol. The van der Waals surface area contributed by atoms with Crippen molar-refractivity contribution in [2.45, 2.75) is 12.8 Å². The average Bonchev–Trinajstić information content (AvgIpc) is 3.70. The molecule has 0 saturated carbocycles. The summed E-state index contributed by atoms with van der Waals surface area (Å²) in [7, 11) is 0. The van der Waals surface area contributed by atoms with Crippen LogP contribution in [0.3, 0.4) is 0 Å². The second-order valence-corrected chi connectivity index (χ2v) is 15.5. The molecule has 60 heavy (non-hydrogen) atoms. The lowest BCUT2D eigenvalue weighted by molar-refractivity contribution is 0.546. The molecule has 1 heterocycles. The molecule has 2 nitrogen and oxygen atoms in total. The zero-order valence-corrected chi connectivity index (χ0v) is 33.1. The van der Waals surface area contributed by atoms with Crippen molar-refractivity contribution in [3.8, 4) is 55.6 Å². The maximum Gasteiger partial charge on any atom is 0.137 e. The normalized spacial score (nSPS) is 12.1. The van der Waals surface area contributed by atoms with Crippen molar-refractivity contribution in [2.75, 3.05) is 4.90 Å². The highest BCUT2D eigenvalue weighted by Crippen LogP contribution is 2.46. The lowest BCUT2D eigenvalue weighted by atomic mass is 9.90. The SMILES string of the molecule is C1=Cc2c(oc3cc(N(c4ccc(-c5ccc(-c6ccccc6)c(-c6ccccc6)c5)cc4)c4ccccc4-c4cccc5cccc(-c6ccccc6)c45)ccc23)CC1. The quantitative estimate of drug-likeness (QED) is 0.153. The second-order valence-electron chi connectivity index (χ2n) is 15.5. The summed E-state index contributed by atoms with van der Waals surface area (Å²) < 4.78 is 6.58. The van der Waals surface area contributed by atoms with E-state index >= 15 is 0 Å². The molecule has 1 aliphatic rings. The van der Waals surface area contributed by atoms with Crippen molar-refractivity contribution in [3.05, 3.63) is 230 Å². The Balaban J connectivity index is 1.07. The van der Waals surface area contributed by atoms with Crippen LogP contribution < -0.4 is 4.90 Å². The van der Waals surface area contributed by atoms with Crippen LogP contribution in [0.15, 0.2) is 223 Å². The minimum absolute atomic E-state index is 0.909. The minimum Gasteiger partial charge on any atom is -0.460 e. The van der Waals surface area contributed by atoms with Gasteiger partial charge in [-0.25, -0.2) is 0 Å². The van der Waals surface area contributed by atoms with E-state index in [9.17, 15) is 0 Å². The highest BCUT2D eigenvalue weighted by Gasteiger charge is 2.22. The van der Waals surface area contributed by atoms with E-state index < -0.39 is 0 Å². The summed E-state index contributed by atoms with van der Waals surface area (Å²) in [5.74, 6) is 1.07. The van der Waals surface area contributed by atoms with Crippen LogP contribution in [0, 0.1) is 0 Å². The smallest absolute Gasteiger partial charge is 0.137 e. The van der Waals surface area contributed by atoms with Gasteiger partial charge in [0.1, 0.15) is 11.3 Å². The fourth-order valence-corrected chi connectivity index (χ4v) is 9.08. The summed E-state index contributed by atoms with van der Waals surface area (Å²) in [5.41, 5.74) is 17.3. The van der Waals surface area contributed by atoms with E-state index in [1.807, 2.05) is 0 Å².